The molecule has 3 rings (SSSR count). The van der Waals surface area contributed by atoms with Crippen LogP contribution in [0.1, 0.15) is 31.4 Å². The zero-order chi connectivity index (χ0) is 26.1. The van der Waals surface area contributed by atoms with E-state index in [-0.39, 0.29) is 31.0 Å². The highest BCUT2D eigenvalue weighted by atomic mass is 35.5. The molecule has 0 unspecified atom stereocenters. The van der Waals surface area contributed by atoms with Gasteiger partial charge in [0, 0.05) is 24.0 Å². The number of nitrogens with zero attached hydrogens (tertiary/aromatic N) is 1. The Labute approximate surface area is 227 Å². The van der Waals surface area contributed by atoms with E-state index in [1.54, 1.807) is 42.5 Å². The van der Waals surface area contributed by atoms with E-state index < -0.39 is 6.04 Å². The fourth-order valence-corrected chi connectivity index (χ4v) is 4.12. The van der Waals surface area contributed by atoms with E-state index in [1.807, 2.05) is 44.2 Å². The Bertz CT molecular complexity index is 1170. The number of carbonyl (C=O) groups excluding carboxylic acids is 2. The number of ether oxygens (including phenoxy) is 1. The first kappa shape index (κ1) is 27.9. The topological polar surface area (TPSA) is 58.6 Å². The largest absolute Gasteiger partial charge is 0.484 e. The van der Waals surface area contributed by atoms with Crippen LogP contribution in [0.4, 0.5) is 0 Å². The fraction of sp³-hybridized carbons (Fsp3) is 0.286. The van der Waals surface area contributed by atoms with Gasteiger partial charge in [-0.05, 0) is 54.8 Å². The minimum Gasteiger partial charge on any atom is -0.484 e. The van der Waals surface area contributed by atoms with Gasteiger partial charge in [0.15, 0.2) is 6.61 Å². The zero-order valence-corrected chi connectivity index (χ0v) is 22.5. The van der Waals surface area contributed by atoms with Gasteiger partial charge in [-0.3, -0.25) is 9.59 Å². The summed E-state index contributed by atoms with van der Waals surface area (Å²) >= 11 is 18.4. The smallest absolute Gasteiger partial charge is 0.261 e. The SMILES string of the molecule is CC[C@@H](C)NC(=O)[C@H](Cc1ccccc1)N(Cc1ccc(Cl)c(Cl)c1)C(=O)COc1cccc(Cl)c1. The van der Waals surface area contributed by atoms with Crippen molar-refractivity contribution in [2.75, 3.05) is 6.61 Å². The van der Waals surface area contributed by atoms with Crippen molar-refractivity contribution in [3.8, 4) is 5.75 Å². The molecule has 0 radical (unpaired) electrons. The van der Waals surface area contributed by atoms with Crippen LogP contribution >= 0.6 is 34.8 Å². The van der Waals surface area contributed by atoms with Gasteiger partial charge in [0.2, 0.25) is 5.91 Å². The van der Waals surface area contributed by atoms with E-state index in [1.165, 1.54) is 4.90 Å². The number of halogens is 3. The molecule has 0 aliphatic rings. The molecule has 3 aromatic rings. The average molecular weight is 548 g/mol. The maximum Gasteiger partial charge on any atom is 0.261 e. The molecular weight excluding hydrogens is 519 g/mol. The van der Waals surface area contributed by atoms with Crippen LogP contribution in [0.3, 0.4) is 0 Å². The number of benzene rings is 3. The van der Waals surface area contributed by atoms with Crippen molar-refractivity contribution in [3.63, 3.8) is 0 Å². The lowest BCUT2D eigenvalue weighted by atomic mass is 10.0. The third-order valence-corrected chi connectivity index (χ3v) is 6.74. The van der Waals surface area contributed by atoms with E-state index in [9.17, 15) is 9.59 Å². The maximum absolute atomic E-state index is 13.6. The molecule has 1 N–H and O–H groups in total. The van der Waals surface area contributed by atoms with Crippen LogP contribution in [-0.2, 0) is 22.6 Å². The van der Waals surface area contributed by atoms with Gasteiger partial charge in [0.05, 0.1) is 10.0 Å². The third-order valence-electron chi connectivity index (χ3n) is 5.77. The minimum atomic E-state index is -0.772. The Balaban J connectivity index is 1.93. The third kappa shape index (κ3) is 8.16. The average Bonchev–Trinajstić information content (AvgIpc) is 2.87. The highest BCUT2D eigenvalue weighted by Crippen LogP contribution is 2.25. The van der Waals surface area contributed by atoms with Crippen LogP contribution in [0.2, 0.25) is 15.1 Å². The van der Waals surface area contributed by atoms with E-state index in [0.29, 0.717) is 27.2 Å². The van der Waals surface area contributed by atoms with E-state index in [4.69, 9.17) is 39.5 Å². The van der Waals surface area contributed by atoms with Gasteiger partial charge in [0.25, 0.3) is 5.91 Å². The molecule has 0 heterocycles. The molecule has 0 spiro atoms. The summed E-state index contributed by atoms with van der Waals surface area (Å²) in [5, 5.41) is 4.33. The van der Waals surface area contributed by atoms with E-state index >= 15 is 0 Å². The normalized spacial score (nSPS) is 12.5. The molecular formula is C28H29Cl3N2O3. The van der Waals surface area contributed by atoms with Crippen LogP contribution in [0.5, 0.6) is 5.75 Å². The highest BCUT2D eigenvalue weighted by Gasteiger charge is 2.31. The summed E-state index contributed by atoms with van der Waals surface area (Å²) in [5.74, 6) is -0.111. The summed E-state index contributed by atoms with van der Waals surface area (Å²) in [5.41, 5.74) is 1.68. The summed E-state index contributed by atoms with van der Waals surface area (Å²) in [6.45, 7) is 3.82. The van der Waals surface area contributed by atoms with Crippen LogP contribution in [0, 0.1) is 0 Å². The van der Waals surface area contributed by atoms with Crippen molar-refractivity contribution >= 4 is 46.6 Å². The second-order valence-electron chi connectivity index (χ2n) is 8.54. The van der Waals surface area contributed by atoms with Gasteiger partial charge in [-0.1, -0.05) is 84.2 Å². The lowest BCUT2D eigenvalue weighted by Crippen LogP contribution is -2.53. The molecule has 0 bridgehead atoms. The Hall–Kier alpha value is -2.73. The standard InChI is InChI=1S/C28H29Cl3N2O3/c1-3-19(2)32-28(35)26(15-20-8-5-4-6-9-20)33(17-21-12-13-24(30)25(31)14-21)27(34)18-36-23-11-7-10-22(29)16-23/h4-14,16,19,26H,3,15,17-18H2,1-2H3,(H,32,35)/t19-,26+/m1/s1. The Morgan fingerprint density at radius 2 is 1.67 bits per heavy atom. The van der Waals surface area contributed by atoms with Crippen LogP contribution in [0.25, 0.3) is 0 Å². The lowest BCUT2D eigenvalue weighted by molar-refractivity contribution is -0.143. The molecule has 2 amide bonds. The second kappa shape index (κ2) is 13.5. The van der Waals surface area contributed by atoms with Gasteiger partial charge in [-0.25, -0.2) is 0 Å². The molecule has 190 valence electrons. The minimum absolute atomic E-state index is 0.0413. The molecule has 36 heavy (non-hydrogen) atoms. The molecule has 2 atom stereocenters. The highest BCUT2D eigenvalue weighted by molar-refractivity contribution is 6.42. The van der Waals surface area contributed by atoms with Crippen molar-refractivity contribution in [1.29, 1.82) is 0 Å². The first-order valence-electron chi connectivity index (χ1n) is 11.7. The molecule has 0 fully saturated rings. The van der Waals surface area contributed by atoms with E-state index in [0.717, 1.165) is 17.5 Å². The predicted octanol–water partition coefficient (Wildman–Crippen LogP) is 6.58. The molecule has 8 heteroatoms. The fourth-order valence-electron chi connectivity index (χ4n) is 3.61. The molecule has 0 saturated carbocycles. The van der Waals surface area contributed by atoms with Gasteiger partial charge < -0.3 is 15.0 Å². The Morgan fingerprint density at radius 3 is 2.33 bits per heavy atom. The molecule has 0 aromatic heterocycles. The van der Waals surface area contributed by atoms with Crippen molar-refractivity contribution in [3.05, 3.63) is 99.0 Å². The van der Waals surface area contributed by atoms with Crippen molar-refractivity contribution < 1.29 is 14.3 Å². The molecule has 0 aliphatic heterocycles. The first-order valence-corrected chi connectivity index (χ1v) is 12.9. The van der Waals surface area contributed by atoms with Gasteiger partial charge >= 0.3 is 0 Å². The van der Waals surface area contributed by atoms with Crippen LogP contribution in [0.15, 0.2) is 72.8 Å². The summed E-state index contributed by atoms with van der Waals surface area (Å²) in [7, 11) is 0. The first-order chi connectivity index (χ1) is 17.3. The van der Waals surface area contributed by atoms with Crippen molar-refractivity contribution in [2.24, 2.45) is 0 Å². The number of carbonyl (C=O) groups is 2. The van der Waals surface area contributed by atoms with Gasteiger partial charge in [-0.15, -0.1) is 0 Å². The quantitative estimate of drug-likeness (QED) is 0.295. The summed E-state index contributed by atoms with van der Waals surface area (Å²) in [4.78, 5) is 28.6. The maximum atomic E-state index is 13.6. The van der Waals surface area contributed by atoms with Gasteiger partial charge in [-0.2, -0.15) is 0 Å². The number of rotatable bonds is 11. The molecule has 3 aromatic carbocycles. The van der Waals surface area contributed by atoms with Crippen molar-refractivity contribution in [2.45, 2.75) is 45.3 Å². The summed E-state index contributed by atoms with van der Waals surface area (Å²) in [6.07, 6.45) is 1.11. The Morgan fingerprint density at radius 1 is 0.917 bits per heavy atom. The van der Waals surface area contributed by atoms with Crippen molar-refractivity contribution in [1.82, 2.24) is 10.2 Å². The number of nitrogens with one attached hydrogen (secondary N) is 1. The predicted molar refractivity (Wildman–Crippen MR) is 146 cm³/mol. The number of hydrogen-bond acceptors (Lipinski definition) is 3. The van der Waals surface area contributed by atoms with Gasteiger partial charge in [0.1, 0.15) is 11.8 Å². The zero-order valence-electron chi connectivity index (χ0n) is 20.2. The molecule has 0 aliphatic carbocycles. The summed E-state index contributed by atoms with van der Waals surface area (Å²) in [6, 6.07) is 20.8. The Kier molecular flexibility index (Phi) is 10.5. The molecule has 5 nitrogen and oxygen atoms in total. The lowest BCUT2D eigenvalue weighted by Gasteiger charge is -2.32. The number of hydrogen-bond donors (Lipinski definition) is 1. The summed E-state index contributed by atoms with van der Waals surface area (Å²) < 4.78 is 5.74. The van der Waals surface area contributed by atoms with E-state index in [2.05, 4.69) is 5.32 Å². The monoisotopic (exact) mass is 546 g/mol. The second-order valence-corrected chi connectivity index (χ2v) is 9.79. The molecule has 0 saturated heterocycles. The number of amides is 2. The van der Waals surface area contributed by atoms with Crippen LogP contribution in [-0.4, -0.2) is 35.4 Å². The van der Waals surface area contributed by atoms with Crippen LogP contribution < -0.4 is 10.1 Å².